The molecule has 28 heteroatoms. The summed E-state index contributed by atoms with van der Waals surface area (Å²) in [7, 11) is -0.332. The molecule has 0 saturated carbocycles. The molecule has 0 aromatic carbocycles. The molecule has 16 N–H and O–H groups in total. The number of carbonyl (C=O) groups excluding carboxylic acids is 3. The number of hydrogen-bond donors (Lipinski definition) is 16. The third-order valence-corrected chi connectivity index (χ3v) is 18.0. The van der Waals surface area contributed by atoms with Crippen LogP contribution in [0.15, 0.2) is 72.9 Å². The Kier molecular flexibility index (Phi) is 36.6. The summed E-state index contributed by atoms with van der Waals surface area (Å²) in [5.74, 6) is -3.32. The lowest BCUT2D eigenvalue weighted by molar-refractivity contribution is -0.311. The van der Waals surface area contributed by atoms with E-state index in [1.165, 1.54) is 14.0 Å². The molecule has 524 valence electrons. The Morgan fingerprint density at radius 3 is 2.00 bits per heavy atom. The number of ether oxygens (including phenoxy) is 8. The van der Waals surface area contributed by atoms with E-state index in [-0.39, 0.29) is 64.2 Å². The Labute approximate surface area is 536 Å². The van der Waals surface area contributed by atoms with Crippen LogP contribution in [0.25, 0.3) is 0 Å². The van der Waals surface area contributed by atoms with E-state index >= 15 is 0 Å². The lowest BCUT2D eigenvalue weighted by Gasteiger charge is -2.48. The van der Waals surface area contributed by atoms with Crippen LogP contribution in [0.3, 0.4) is 0 Å². The van der Waals surface area contributed by atoms with E-state index in [4.69, 9.17) is 37.9 Å². The van der Waals surface area contributed by atoms with Gasteiger partial charge in [-0.3, -0.25) is 4.79 Å². The second kappa shape index (κ2) is 41.0. The van der Waals surface area contributed by atoms with Crippen molar-refractivity contribution in [3.63, 3.8) is 0 Å². The van der Waals surface area contributed by atoms with Gasteiger partial charge in [-0.05, 0) is 59.4 Å². The number of urea groups is 1. The van der Waals surface area contributed by atoms with Gasteiger partial charge in [0.15, 0.2) is 18.4 Å². The summed E-state index contributed by atoms with van der Waals surface area (Å²) in [6.07, 6.45) is -7.41. The van der Waals surface area contributed by atoms with Crippen LogP contribution >= 0.6 is 0 Å². The van der Waals surface area contributed by atoms with Gasteiger partial charge in [0.25, 0.3) is 0 Å². The summed E-state index contributed by atoms with van der Waals surface area (Å²) < 4.78 is 46.7. The fourth-order valence-corrected chi connectivity index (χ4v) is 11.2. The number of aliphatic hydroxyl groups excluding tert-OH is 13. The number of carbonyl (C=O) groups is 3. The van der Waals surface area contributed by atoms with Crippen molar-refractivity contribution in [3.05, 3.63) is 72.9 Å². The molecule has 3 rings (SSSR count). The molecule has 3 heterocycles. The standard InChI is InChI=1S/C63H109N3O24Si/c1-11-13-15-16-17-18-20-22-37(3)53(75)38(4)39(5)86-50(74)32-42(69)30-41(68)24-25-45(71)46(72)31-43(70)34-63(83-7)35-47(73)51(65-61(81)64-26-21-27-84-59-58(80)57(79)55(77)49(36-67)89-59)48(90-63)33-44(23-19-14-12-2)88-60-56(78)52(54(76)40(6)87-60)66-62(82)85-28-29-91(8,9)10/h11-20,22-23,37-49,51-60,67-73,75-80H,21,24-36H2,1-10H3,(H,66,82)(H2,64,65,81)/b13-11+,14-12+,16-15+,18-17+,22-20+,23-19+/t37-,38-,39-,40+,41+,42+,43-,44-,45+,46+,47-,48-,49+,51+,52-,53+,54+,55+,56-,57-,58-,59-,60-,63+/m0/s1. The highest BCUT2D eigenvalue weighted by Gasteiger charge is 2.51. The van der Waals surface area contributed by atoms with Crippen LogP contribution in [0.5, 0.6) is 0 Å². The summed E-state index contributed by atoms with van der Waals surface area (Å²) in [5, 5.41) is 149. The van der Waals surface area contributed by atoms with Gasteiger partial charge in [-0.15, -0.1) is 0 Å². The van der Waals surface area contributed by atoms with E-state index in [1.807, 2.05) is 62.5 Å². The number of allylic oxidation sites excluding steroid dienone is 10. The monoisotopic (exact) mass is 1320 g/mol. The van der Waals surface area contributed by atoms with Crippen molar-refractivity contribution < 1.29 is 119 Å². The third-order valence-electron chi connectivity index (χ3n) is 16.3. The Morgan fingerprint density at radius 1 is 0.703 bits per heavy atom. The average molecular weight is 1320 g/mol. The topological polar surface area (TPSA) is 424 Å². The molecule has 0 spiro atoms. The van der Waals surface area contributed by atoms with Crippen LogP contribution < -0.4 is 16.0 Å². The predicted octanol–water partition coefficient (Wildman–Crippen LogP) is 1.12. The molecule has 3 aliphatic heterocycles. The minimum Gasteiger partial charge on any atom is -0.462 e. The maximum Gasteiger partial charge on any atom is 0.407 e. The molecule has 24 atom stereocenters. The summed E-state index contributed by atoms with van der Waals surface area (Å²) >= 11 is 0. The first-order valence-corrected chi connectivity index (χ1v) is 35.3. The maximum atomic E-state index is 13.6. The van der Waals surface area contributed by atoms with Crippen molar-refractivity contribution in [2.45, 2.75) is 259 Å². The molecule has 0 aromatic rings. The summed E-state index contributed by atoms with van der Waals surface area (Å²) in [5.41, 5.74) is 0. The predicted molar refractivity (Wildman–Crippen MR) is 336 cm³/mol. The maximum absolute atomic E-state index is 13.6. The zero-order chi connectivity index (χ0) is 68.2. The first kappa shape index (κ1) is 81.1. The normalized spacial score (nSPS) is 31.1. The van der Waals surface area contributed by atoms with Crippen LogP contribution in [-0.4, -0.2) is 260 Å². The van der Waals surface area contributed by atoms with Gasteiger partial charge in [0, 0.05) is 59.2 Å². The fourth-order valence-electron chi connectivity index (χ4n) is 10.5. The molecule has 3 amide bonds. The molecule has 0 aromatic heterocycles. The summed E-state index contributed by atoms with van der Waals surface area (Å²) in [4.78, 5) is 39.4. The smallest absolute Gasteiger partial charge is 0.407 e. The second-order valence-corrected chi connectivity index (χ2v) is 30.8. The number of methoxy groups -OCH3 is 1. The van der Waals surface area contributed by atoms with Gasteiger partial charge in [0.2, 0.25) is 0 Å². The summed E-state index contributed by atoms with van der Waals surface area (Å²) in [6.45, 7) is 16.0. The highest BCUT2D eigenvalue weighted by Crippen LogP contribution is 2.38. The molecule has 91 heavy (non-hydrogen) atoms. The van der Waals surface area contributed by atoms with E-state index in [1.54, 1.807) is 45.1 Å². The van der Waals surface area contributed by atoms with E-state index < -0.39 is 192 Å². The van der Waals surface area contributed by atoms with Crippen LogP contribution in [0, 0.1) is 11.8 Å². The quantitative estimate of drug-likeness (QED) is 0.0178. The van der Waals surface area contributed by atoms with Gasteiger partial charge < -0.3 is 120 Å². The van der Waals surface area contributed by atoms with Gasteiger partial charge in [-0.2, -0.15) is 0 Å². The van der Waals surface area contributed by atoms with Gasteiger partial charge in [-0.25, -0.2) is 9.59 Å². The third kappa shape index (κ3) is 28.4. The SMILES string of the molecule is C/C=C/C=C/C=C/C=C/[C@H](C)[C@@H](O)[C@@H](C)[C@H](C)OC(=O)C[C@H](O)C[C@H](O)CC[C@@H](O)[C@H](O)C[C@H](O)C[C@]1(OC)C[C@H](O)[C@@H](NC(=O)NCCCO[C@H]2O[C@H](CO)[C@@H](O)[C@H](O)[C@@H]2O)[C@H](C[C@H](/C=C/C=C/C)O[C@@H]2O[C@H](C)[C@@H](O)[C@H](NC(=O)OCC[Si](C)(C)C)[C@@H]2O)O1. The molecule has 3 aliphatic rings. The van der Waals surface area contributed by atoms with Gasteiger partial charge in [0.05, 0.1) is 99.4 Å². The number of alkyl carbamates (subject to hydrolysis) is 1. The highest BCUT2D eigenvalue weighted by atomic mass is 28.3. The largest absolute Gasteiger partial charge is 0.462 e. The van der Waals surface area contributed by atoms with Crippen LogP contribution in [0.4, 0.5) is 9.59 Å². The number of hydrogen-bond acceptors (Lipinski definition) is 24. The van der Waals surface area contributed by atoms with Crippen LogP contribution in [0.1, 0.15) is 99.3 Å². The molecule has 0 radical (unpaired) electrons. The molecule has 27 nitrogen and oxygen atoms in total. The van der Waals surface area contributed by atoms with E-state index in [2.05, 4.69) is 35.6 Å². The number of rotatable bonds is 38. The van der Waals surface area contributed by atoms with Crippen molar-refractivity contribution >= 4 is 26.2 Å². The average Bonchev–Trinajstić information content (AvgIpc) is 0.914. The van der Waals surface area contributed by atoms with Gasteiger partial charge in [-0.1, -0.05) is 106 Å². The molecule has 0 aliphatic carbocycles. The first-order valence-electron chi connectivity index (χ1n) is 31.6. The minimum atomic E-state index is -1.84. The second-order valence-electron chi connectivity index (χ2n) is 25.2. The van der Waals surface area contributed by atoms with E-state index in [0.717, 1.165) is 0 Å². The Bertz CT molecular complexity index is 2290. The van der Waals surface area contributed by atoms with Gasteiger partial charge in [0.1, 0.15) is 42.7 Å². The number of amides is 3. The first-order chi connectivity index (χ1) is 42.9. The lowest BCUT2D eigenvalue weighted by Crippen LogP contribution is -2.65. The summed E-state index contributed by atoms with van der Waals surface area (Å²) in [6, 6.07) is -2.71. The van der Waals surface area contributed by atoms with Crippen LogP contribution in [-0.2, 0) is 42.7 Å². The number of nitrogens with one attached hydrogen (secondary N) is 3. The fraction of sp³-hybridized carbons (Fsp3) is 0.762. The lowest BCUT2D eigenvalue weighted by atomic mass is 9.86. The minimum absolute atomic E-state index is 0.0442. The van der Waals surface area contributed by atoms with Crippen molar-refractivity contribution in [1.29, 1.82) is 0 Å². The van der Waals surface area contributed by atoms with Crippen molar-refractivity contribution in [3.8, 4) is 0 Å². The van der Waals surface area contributed by atoms with Crippen LogP contribution in [0.2, 0.25) is 25.7 Å². The molecule has 0 unspecified atom stereocenters. The Hall–Kier alpha value is -4.09. The zero-order valence-electron chi connectivity index (χ0n) is 54.4. The number of esters is 1. The molecule has 0 bridgehead atoms. The zero-order valence-corrected chi connectivity index (χ0v) is 55.4. The Balaban J connectivity index is 1.73. The van der Waals surface area contributed by atoms with Crippen molar-refractivity contribution in [2.24, 2.45) is 11.8 Å². The molecule has 3 saturated heterocycles. The van der Waals surface area contributed by atoms with Crippen molar-refractivity contribution in [2.75, 3.05) is 33.5 Å². The van der Waals surface area contributed by atoms with Gasteiger partial charge >= 0.3 is 18.1 Å². The molecular formula is C63H109N3O24Si. The van der Waals surface area contributed by atoms with Crippen molar-refractivity contribution in [1.82, 2.24) is 16.0 Å². The number of aliphatic hydroxyl groups is 13. The molecule has 3 fully saturated rings. The van der Waals surface area contributed by atoms with E-state index in [9.17, 15) is 80.8 Å². The Morgan fingerprint density at radius 2 is 1.35 bits per heavy atom. The molecular weight excluding hydrogens is 1210 g/mol. The highest BCUT2D eigenvalue weighted by molar-refractivity contribution is 6.76. The van der Waals surface area contributed by atoms with E-state index in [0.29, 0.717) is 6.04 Å².